The molecule has 182 valence electrons. The predicted octanol–water partition coefficient (Wildman–Crippen LogP) is 4.30. The molecular formula is C25H32IN5O3. The number of halogens is 1. The zero-order valence-electron chi connectivity index (χ0n) is 19.9. The van der Waals surface area contributed by atoms with Crippen LogP contribution >= 0.6 is 24.0 Å². The van der Waals surface area contributed by atoms with Crippen molar-refractivity contribution in [3.8, 4) is 17.2 Å². The average molecular weight is 577 g/mol. The summed E-state index contributed by atoms with van der Waals surface area (Å²) in [4.78, 5) is 9.16. The number of nitrogens with one attached hydrogen (secondary N) is 1. The van der Waals surface area contributed by atoms with Crippen molar-refractivity contribution in [2.45, 2.75) is 20.0 Å². The maximum Gasteiger partial charge on any atom is 0.194 e. The normalized spacial score (nSPS) is 14.4. The van der Waals surface area contributed by atoms with Crippen LogP contribution in [0.1, 0.15) is 17.0 Å². The van der Waals surface area contributed by atoms with E-state index in [9.17, 15) is 0 Å². The first-order valence-corrected chi connectivity index (χ1v) is 11.1. The van der Waals surface area contributed by atoms with Crippen molar-refractivity contribution >= 4 is 29.9 Å². The highest BCUT2D eigenvalue weighted by Gasteiger charge is 2.20. The minimum absolute atomic E-state index is 0. The van der Waals surface area contributed by atoms with E-state index in [0.717, 1.165) is 61.5 Å². The lowest BCUT2D eigenvalue weighted by molar-refractivity contribution is 0.169. The first-order valence-electron chi connectivity index (χ1n) is 11.1. The van der Waals surface area contributed by atoms with Gasteiger partial charge < -0.3 is 24.2 Å². The quantitative estimate of drug-likeness (QED) is 0.255. The van der Waals surface area contributed by atoms with E-state index in [-0.39, 0.29) is 24.0 Å². The molecule has 1 fully saturated rings. The minimum Gasteiger partial charge on any atom is -0.493 e. The number of benzene rings is 2. The van der Waals surface area contributed by atoms with E-state index in [1.54, 1.807) is 7.11 Å². The Kier molecular flexibility index (Phi) is 9.58. The molecule has 4 rings (SSSR count). The van der Waals surface area contributed by atoms with Crippen LogP contribution in [0.15, 0.2) is 64.1 Å². The molecule has 1 aromatic heterocycles. The Hall–Kier alpha value is -2.79. The van der Waals surface area contributed by atoms with Crippen molar-refractivity contribution in [1.82, 2.24) is 20.3 Å². The van der Waals surface area contributed by atoms with Crippen LogP contribution in [-0.4, -0.2) is 61.3 Å². The molecule has 2 heterocycles. The van der Waals surface area contributed by atoms with Crippen LogP contribution in [0.5, 0.6) is 17.2 Å². The number of nitrogens with zero attached hydrogens (tertiary/aromatic N) is 4. The Morgan fingerprint density at radius 3 is 2.38 bits per heavy atom. The Balaban J connectivity index is 0.00000324. The Labute approximate surface area is 217 Å². The van der Waals surface area contributed by atoms with E-state index in [2.05, 4.69) is 37.4 Å². The number of rotatable bonds is 7. The van der Waals surface area contributed by atoms with Gasteiger partial charge in [0.2, 0.25) is 0 Å². The van der Waals surface area contributed by atoms with Crippen molar-refractivity contribution in [2.24, 2.45) is 4.99 Å². The van der Waals surface area contributed by atoms with Crippen molar-refractivity contribution < 1.29 is 14.0 Å². The van der Waals surface area contributed by atoms with Crippen LogP contribution < -0.4 is 14.8 Å². The highest BCUT2D eigenvalue weighted by Crippen LogP contribution is 2.30. The molecule has 2 aromatic carbocycles. The summed E-state index contributed by atoms with van der Waals surface area (Å²) in [6.45, 7) is 7.19. The van der Waals surface area contributed by atoms with Crippen molar-refractivity contribution in [1.29, 1.82) is 0 Å². The summed E-state index contributed by atoms with van der Waals surface area (Å²) in [5.74, 6) is 3.95. The minimum atomic E-state index is 0. The zero-order chi connectivity index (χ0) is 23.0. The molecule has 0 unspecified atom stereocenters. The number of guanidine groups is 1. The van der Waals surface area contributed by atoms with Crippen molar-refractivity contribution in [3.63, 3.8) is 0 Å². The van der Waals surface area contributed by atoms with E-state index in [4.69, 9.17) is 14.0 Å². The van der Waals surface area contributed by atoms with Crippen molar-refractivity contribution in [2.75, 3.05) is 40.3 Å². The summed E-state index contributed by atoms with van der Waals surface area (Å²) in [6.07, 6.45) is 0. The van der Waals surface area contributed by atoms with E-state index >= 15 is 0 Å². The van der Waals surface area contributed by atoms with Gasteiger partial charge >= 0.3 is 0 Å². The molecule has 1 aliphatic rings. The van der Waals surface area contributed by atoms with Gasteiger partial charge in [0, 0.05) is 52.4 Å². The molecule has 0 atom stereocenters. The number of para-hydroxylation sites is 2. The number of piperazine rings is 1. The maximum atomic E-state index is 5.96. The predicted molar refractivity (Wildman–Crippen MR) is 143 cm³/mol. The third-order valence-corrected chi connectivity index (χ3v) is 5.62. The van der Waals surface area contributed by atoms with Gasteiger partial charge in [0.25, 0.3) is 0 Å². The fraction of sp³-hybridized carbons (Fsp3) is 0.360. The smallest absolute Gasteiger partial charge is 0.194 e. The molecule has 0 aliphatic carbocycles. The van der Waals surface area contributed by atoms with Gasteiger partial charge in [-0.1, -0.05) is 29.4 Å². The third-order valence-electron chi connectivity index (χ3n) is 5.62. The van der Waals surface area contributed by atoms with Crippen LogP contribution in [0.25, 0.3) is 0 Å². The molecule has 34 heavy (non-hydrogen) atoms. The Morgan fingerprint density at radius 2 is 1.76 bits per heavy atom. The highest BCUT2D eigenvalue weighted by atomic mass is 127. The zero-order valence-corrected chi connectivity index (χ0v) is 22.2. The molecule has 9 heteroatoms. The summed E-state index contributed by atoms with van der Waals surface area (Å²) in [7, 11) is 3.47. The maximum absolute atomic E-state index is 5.96. The fourth-order valence-electron chi connectivity index (χ4n) is 3.86. The van der Waals surface area contributed by atoms with Crippen LogP contribution in [0.4, 0.5) is 0 Å². The second-order valence-corrected chi connectivity index (χ2v) is 7.99. The summed E-state index contributed by atoms with van der Waals surface area (Å²) >= 11 is 0. The summed E-state index contributed by atoms with van der Waals surface area (Å²) in [5.41, 5.74) is 2.14. The lowest BCUT2D eigenvalue weighted by Crippen LogP contribution is -2.52. The largest absolute Gasteiger partial charge is 0.493 e. The molecule has 0 bridgehead atoms. The molecule has 1 N–H and O–H groups in total. The van der Waals surface area contributed by atoms with Gasteiger partial charge in [0.15, 0.2) is 17.5 Å². The SMILES string of the molecule is CN=C(NCc1ccc(Oc2ccccc2OC)cc1)N1CCN(Cc2cc(C)on2)CC1.I. The molecular weight excluding hydrogens is 545 g/mol. The molecule has 0 radical (unpaired) electrons. The topological polar surface area (TPSA) is 75.4 Å². The number of aliphatic imine (C=N–C) groups is 1. The van der Waals surface area contributed by atoms with Gasteiger partial charge in [-0.05, 0) is 36.8 Å². The molecule has 0 amide bonds. The lowest BCUT2D eigenvalue weighted by Gasteiger charge is -2.36. The second-order valence-electron chi connectivity index (χ2n) is 7.99. The van der Waals surface area contributed by atoms with Crippen LogP contribution in [0.3, 0.4) is 0 Å². The van der Waals surface area contributed by atoms with E-state index in [1.807, 2.05) is 56.4 Å². The lowest BCUT2D eigenvalue weighted by atomic mass is 10.2. The van der Waals surface area contributed by atoms with Gasteiger partial charge in [0.05, 0.1) is 12.8 Å². The number of methoxy groups -OCH3 is 1. The molecule has 8 nitrogen and oxygen atoms in total. The fourth-order valence-corrected chi connectivity index (χ4v) is 3.86. The van der Waals surface area contributed by atoms with E-state index in [1.165, 1.54) is 0 Å². The summed E-state index contributed by atoms with van der Waals surface area (Å²) < 4.78 is 16.5. The number of aryl methyl sites for hydroxylation is 1. The van der Waals surface area contributed by atoms with Gasteiger partial charge in [-0.2, -0.15) is 0 Å². The van der Waals surface area contributed by atoms with Crippen LogP contribution in [-0.2, 0) is 13.1 Å². The number of aromatic nitrogens is 1. The number of hydrogen-bond acceptors (Lipinski definition) is 6. The Morgan fingerprint density at radius 1 is 1.06 bits per heavy atom. The molecule has 1 saturated heterocycles. The molecule has 0 spiro atoms. The Bertz CT molecular complexity index is 1060. The molecule has 3 aromatic rings. The molecule has 0 saturated carbocycles. The van der Waals surface area contributed by atoms with E-state index < -0.39 is 0 Å². The number of ether oxygens (including phenoxy) is 2. The van der Waals surface area contributed by atoms with Crippen LogP contribution in [0.2, 0.25) is 0 Å². The highest BCUT2D eigenvalue weighted by molar-refractivity contribution is 14.0. The van der Waals surface area contributed by atoms with Crippen molar-refractivity contribution in [3.05, 3.63) is 71.6 Å². The van der Waals surface area contributed by atoms with Crippen LogP contribution in [0, 0.1) is 6.92 Å². The van der Waals surface area contributed by atoms with Gasteiger partial charge in [-0.15, -0.1) is 24.0 Å². The van der Waals surface area contributed by atoms with Gasteiger partial charge in [-0.25, -0.2) is 0 Å². The van der Waals surface area contributed by atoms with E-state index in [0.29, 0.717) is 18.0 Å². The first-order chi connectivity index (χ1) is 16.1. The van der Waals surface area contributed by atoms with Gasteiger partial charge in [-0.3, -0.25) is 9.89 Å². The summed E-state index contributed by atoms with van der Waals surface area (Å²) in [5, 5.41) is 7.58. The monoisotopic (exact) mass is 577 g/mol. The summed E-state index contributed by atoms with van der Waals surface area (Å²) in [6, 6.07) is 17.7. The molecule has 1 aliphatic heterocycles. The second kappa shape index (κ2) is 12.6. The average Bonchev–Trinajstić information content (AvgIpc) is 3.26. The number of hydrogen-bond donors (Lipinski definition) is 1. The third kappa shape index (κ3) is 6.86. The first kappa shape index (κ1) is 25.8. The van der Waals surface area contributed by atoms with Gasteiger partial charge in [0.1, 0.15) is 11.5 Å². The standard InChI is InChI=1S/C25H31N5O3.HI/c1-19-16-21(28-33-19)18-29-12-14-30(15-13-29)25(26-2)27-17-20-8-10-22(11-9-20)32-24-7-5-4-6-23(24)31-3;/h4-11,16H,12-15,17-18H2,1-3H3,(H,26,27);1H.